The van der Waals surface area contributed by atoms with Gasteiger partial charge in [0.2, 0.25) is 0 Å². The number of aromatic nitrogens is 1. The fraction of sp³-hybridized carbons (Fsp3) is 0.0909. The van der Waals surface area contributed by atoms with E-state index >= 15 is 0 Å². The number of fused-ring (bicyclic) bond motifs is 1. The molecule has 0 aliphatic rings. The first-order valence-corrected chi connectivity index (χ1v) is 11.6. The summed E-state index contributed by atoms with van der Waals surface area (Å²) in [6.07, 6.45) is 0. The van der Waals surface area contributed by atoms with E-state index in [4.69, 9.17) is 0 Å². The standard InChI is InChI=1S/C22H19N3O3S2/c1-2-25-19-10-6-7-11-20(19)29-22(25)23-21(26)16-12-14-17(15-13-16)24-30(27,28)18-8-4-3-5-9-18/h3-15,24H,2H2,1H3. The summed E-state index contributed by atoms with van der Waals surface area (Å²) in [5.74, 6) is -0.374. The predicted molar refractivity (Wildman–Crippen MR) is 119 cm³/mol. The number of benzene rings is 3. The predicted octanol–water partition coefficient (Wildman–Crippen LogP) is 4.26. The second kappa shape index (κ2) is 8.25. The molecule has 4 aromatic rings. The van der Waals surface area contributed by atoms with Crippen LogP contribution < -0.4 is 9.52 Å². The van der Waals surface area contributed by atoms with Gasteiger partial charge in [-0.05, 0) is 55.5 Å². The Balaban J connectivity index is 1.59. The van der Waals surface area contributed by atoms with Crippen molar-refractivity contribution in [2.45, 2.75) is 18.4 Å². The average molecular weight is 438 g/mol. The van der Waals surface area contributed by atoms with Gasteiger partial charge in [0.25, 0.3) is 15.9 Å². The van der Waals surface area contributed by atoms with Crippen molar-refractivity contribution in [3.05, 3.63) is 89.2 Å². The number of anilines is 1. The Hall–Kier alpha value is -3.23. The van der Waals surface area contributed by atoms with Crippen molar-refractivity contribution in [3.63, 3.8) is 0 Å². The summed E-state index contributed by atoms with van der Waals surface area (Å²) in [6, 6.07) is 22.3. The van der Waals surface area contributed by atoms with Gasteiger partial charge in [0, 0.05) is 17.8 Å². The van der Waals surface area contributed by atoms with E-state index in [0.29, 0.717) is 22.6 Å². The van der Waals surface area contributed by atoms with Crippen molar-refractivity contribution in [2.24, 2.45) is 4.99 Å². The van der Waals surface area contributed by atoms with Crippen molar-refractivity contribution in [3.8, 4) is 0 Å². The number of sulfonamides is 1. The molecule has 8 heteroatoms. The van der Waals surface area contributed by atoms with E-state index in [-0.39, 0.29) is 10.8 Å². The minimum atomic E-state index is -3.68. The third-order valence-electron chi connectivity index (χ3n) is 4.54. The molecule has 4 rings (SSSR count). The van der Waals surface area contributed by atoms with E-state index in [1.165, 1.54) is 23.5 Å². The highest BCUT2D eigenvalue weighted by Gasteiger charge is 2.14. The molecule has 152 valence electrons. The molecule has 0 spiro atoms. The molecule has 1 amide bonds. The van der Waals surface area contributed by atoms with E-state index < -0.39 is 10.0 Å². The molecule has 0 unspecified atom stereocenters. The number of carbonyl (C=O) groups excluding carboxylic acids is 1. The molecule has 0 bridgehead atoms. The van der Waals surface area contributed by atoms with Gasteiger partial charge in [-0.2, -0.15) is 4.99 Å². The zero-order chi connectivity index (χ0) is 21.1. The van der Waals surface area contributed by atoms with Crippen molar-refractivity contribution in [1.29, 1.82) is 0 Å². The molecule has 30 heavy (non-hydrogen) atoms. The molecule has 0 saturated carbocycles. The molecule has 3 aromatic carbocycles. The van der Waals surface area contributed by atoms with Crippen molar-refractivity contribution < 1.29 is 13.2 Å². The number of nitrogens with zero attached hydrogens (tertiary/aromatic N) is 2. The van der Waals surface area contributed by atoms with Crippen LogP contribution in [0, 0.1) is 0 Å². The van der Waals surface area contributed by atoms with Gasteiger partial charge in [-0.3, -0.25) is 9.52 Å². The number of hydrogen-bond donors (Lipinski definition) is 1. The minimum absolute atomic E-state index is 0.175. The third kappa shape index (κ3) is 4.05. The highest BCUT2D eigenvalue weighted by Crippen LogP contribution is 2.18. The highest BCUT2D eigenvalue weighted by atomic mass is 32.2. The maximum Gasteiger partial charge on any atom is 0.279 e. The molecule has 1 heterocycles. The molecule has 0 aliphatic heterocycles. The first-order chi connectivity index (χ1) is 14.5. The SMILES string of the molecule is CCn1c(=NC(=O)c2ccc(NS(=O)(=O)c3ccccc3)cc2)sc2ccccc21. The fourth-order valence-corrected chi connectivity index (χ4v) is 5.23. The van der Waals surface area contributed by atoms with Crippen LogP contribution in [0.15, 0.2) is 88.8 Å². The van der Waals surface area contributed by atoms with Gasteiger partial charge >= 0.3 is 0 Å². The number of rotatable bonds is 5. The van der Waals surface area contributed by atoms with Crippen molar-refractivity contribution >= 4 is 43.2 Å². The van der Waals surface area contributed by atoms with E-state index in [0.717, 1.165) is 10.2 Å². The van der Waals surface area contributed by atoms with Crippen LogP contribution in [-0.2, 0) is 16.6 Å². The first-order valence-electron chi connectivity index (χ1n) is 9.33. The average Bonchev–Trinajstić information content (AvgIpc) is 3.11. The summed E-state index contributed by atoms with van der Waals surface area (Å²) >= 11 is 1.46. The molecular weight excluding hydrogens is 418 g/mol. The molecule has 1 aromatic heterocycles. The molecule has 0 saturated heterocycles. The summed E-state index contributed by atoms with van der Waals surface area (Å²) in [5.41, 5.74) is 1.81. The molecule has 0 radical (unpaired) electrons. The second-order valence-electron chi connectivity index (χ2n) is 6.51. The quantitative estimate of drug-likeness (QED) is 0.506. The van der Waals surface area contributed by atoms with E-state index in [1.54, 1.807) is 42.5 Å². The smallest absolute Gasteiger partial charge is 0.279 e. The van der Waals surface area contributed by atoms with Crippen molar-refractivity contribution in [1.82, 2.24) is 4.57 Å². The number of para-hydroxylation sites is 1. The Labute approximate surface area is 178 Å². The summed E-state index contributed by atoms with van der Waals surface area (Å²) < 4.78 is 30.4. The molecule has 0 fully saturated rings. The monoisotopic (exact) mass is 437 g/mol. The number of hydrogen-bond acceptors (Lipinski definition) is 4. The Bertz CT molecular complexity index is 1370. The Kier molecular flexibility index (Phi) is 5.52. The number of carbonyl (C=O) groups is 1. The van der Waals surface area contributed by atoms with Crippen LogP contribution in [-0.4, -0.2) is 18.9 Å². The van der Waals surface area contributed by atoms with Gasteiger partial charge in [0.15, 0.2) is 4.80 Å². The topological polar surface area (TPSA) is 80.5 Å². The highest BCUT2D eigenvalue weighted by molar-refractivity contribution is 7.92. The molecular formula is C22H19N3O3S2. The van der Waals surface area contributed by atoms with Crippen LogP contribution in [0.3, 0.4) is 0 Å². The second-order valence-corrected chi connectivity index (χ2v) is 9.20. The van der Waals surface area contributed by atoms with Crippen molar-refractivity contribution in [2.75, 3.05) is 4.72 Å². The van der Waals surface area contributed by atoms with Gasteiger partial charge < -0.3 is 4.57 Å². The maximum absolute atomic E-state index is 12.7. The lowest BCUT2D eigenvalue weighted by Gasteiger charge is -2.08. The van der Waals surface area contributed by atoms with Gasteiger partial charge in [0.05, 0.1) is 15.1 Å². The van der Waals surface area contributed by atoms with Crippen LogP contribution >= 0.6 is 11.3 Å². The Morgan fingerprint density at radius 2 is 1.63 bits per heavy atom. The first kappa shape index (κ1) is 20.1. The lowest BCUT2D eigenvalue weighted by Crippen LogP contribution is -2.16. The Morgan fingerprint density at radius 3 is 2.33 bits per heavy atom. The molecule has 0 atom stereocenters. The number of nitrogens with one attached hydrogen (secondary N) is 1. The third-order valence-corrected chi connectivity index (χ3v) is 7.00. The van der Waals surface area contributed by atoms with Gasteiger partial charge in [-0.25, -0.2) is 8.42 Å². The van der Waals surface area contributed by atoms with Gasteiger partial charge in [0.1, 0.15) is 0 Å². The summed E-state index contributed by atoms with van der Waals surface area (Å²) in [6.45, 7) is 2.71. The largest absolute Gasteiger partial charge is 0.317 e. The summed E-state index contributed by atoms with van der Waals surface area (Å²) in [4.78, 5) is 17.8. The normalized spacial score (nSPS) is 12.2. The summed E-state index contributed by atoms with van der Waals surface area (Å²) in [7, 11) is -3.68. The molecule has 6 nitrogen and oxygen atoms in total. The van der Waals surface area contributed by atoms with Crippen LogP contribution in [0.2, 0.25) is 0 Å². The van der Waals surface area contributed by atoms with E-state index in [9.17, 15) is 13.2 Å². The van der Waals surface area contributed by atoms with Crippen LogP contribution in [0.5, 0.6) is 0 Å². The molecule has 0 aliphatic carbocycles. The maximum atomic E-state index is 12.7. The lowest BCUT2D eigenvalue weighted by atomic mass is 10.2. The van der Waals surface area contributed by atoms with Gasteiger partial charge in [-0.15, -0.1) is 0 Å². The lowest BCUT2D eigenvalue weighted by molar-refractivity contribution is 0.0998. The zero-order valence-corrected chi connectivity index (χ0v) is 17.8. The summed E-state index contributed by atoms with van der Waals surface area (Å²) in [5, 5.41) is 0. The van der Waals surface area contributed by atoms with E-state index in [1.807, 2.05) is 35.8 Å². The number of aryl methyl sites for hydroxylation is 1. The minimum Gasteiger partial charge on any atom is -0.317 e. The van der Waals surface area contributed by atoms with Crippen LogP contribution in [0.1, 0.15) is 17.3 Å². The van der Waals surface area contributed by atoms with E-state index in [2.05, 4.69) is 9.71 Å². The fourth-order valence-electron chi connectivity index (χ4n) is 3.06. The van der Waals surface area contributed by atoms with Gasteiger partial charge in [-0.1, -0.05) is 41.7 Å². The van der Waals surface area contributed by atoms with Crippen LogP contribution in [0.4, 0.5) is 5.69 Å². The zero-order valence-electron chi connectivity index (χ0n) is 16.1. The molecule has 1 N–H and O–H groups in total. The number of amides is 1. The Morgan fingerprint density at radius 1 is 0.967 bits per heavy atom. The number of thiazole rings is 1. The van der Waals surface area contributed by atoms with Crippen LogP contribution in [0.25, 0.3) is 10.2 Å².